The Kier molecular flexibility index (Phi) is 4.81. The predicted molar refractivity (Wildman–Crippen MR) is 81.6 cm³/mol. The number of rotatable bonds is 3. The third-order valence-electron chi connectivity index (χ3n) is 3.56. The quantitative estimate of drug-likeness (QED) is 0.920. The molecule has 0 saturated carbocycles. The first kappa shape index (κ1) is 15.0. The summed E-state index contributed by atoms with van der Waals surface area (Å²) in [6.45, 7) is 5.27. The molecule has 4 nitrogen and oxygen atoms in total. The molecule has 1 aromatic carbocycles. The number of carbonyl (C=O) groups is 2. The van der Waals surface area contributed by atoms with Gasteiger partial charge in [-0.25, -0.2) is 0 Å². The Morgan fingerprint density at radius 2 is 1.95 bits per heavy atom. The van der Waals surface area contributed by atoms with Gasteiger partial charge >= 0.3 is 0 Å². The predicted octanol–water partition coefficient (Wildman–Crippen LogP) is 2.50. The minimum absolute atomic E-state index is 0.00434. The Bertz CT molecular complexity index is 525. The zero-order valence-electron chi connectivity index (χ0n) is 11.8. The minimum atomic E-state index is -0.482. The van der Waals surface area contributed by atoms with Gasteiger partial charge in [-0.3, -0.25) is 9.59 Å². The van der Waals surface area contributed by atoms with Gasteiger partial charge in [-0.05, 0) is 50.5 Å². The molecule has 1 atom stereocenters. The number of carbonyl (C=O) groups excluding carboxylic acids is 2. The van der Waals surface area contributed by atoms with Crippen LogP contribution in [-0.2, 0) is 4.79 Å². The average Bonchev–Trinajstić information content (AvgIpc) is 2.94. The third kappa shape index (κ3) is 3.39. The van der Waals surface area contributed by atoms with Crippen LogP contribution in [0.3, 0.4) is 0 Å². The molecule has 1 aromatic rings. The molecule has 5 heteroatoms. The van der Waals surface area contributed by atoms with Crippen molar-refractivity contribution in [2.45, 2.75) is 32.7 Å². The highest BCUT2D eigenvalue weighted by Crippen LogP contribution is 2.17. The number of likely N-dealkylation sites (tertiary alicyclic amines) is 1. The lowest BCUT2D eigenvalue weighted by molar-refractivity contribution is -0.131. The summed E-state index contributed by atoms with van der Waals surface area (Å²) in [6.07, 6.45) is 2.11. The topological polar surface area (TPSA) is 49.4 Å². The van der Waals surface area contributed by atoms with E-state index >= 15 is 0 Å². The largest absolute Gasteiger partial charge is 0.341 e. The van der Waals surface area contributed by atoms with Gasteiger partial charge in [0, 0.05) is 23.1 Å². The zero-order chi connectivity index (χ0) is 14.7. The number of nitrogens with zero attached hydrogens (tertiary/aromatic N) is 1. The number of amides is 2. The molecule has 1 aliphatic rings. The second-order valence-corrected chi connectivity index (χ2v) is 6.05. The first-order chi connectivity index (χ1) is 9.49. The van der Waals surface area contributed by atoms with Gasteiger partial charge in [-0.1, -0.05) is 15.9 Å². The lowest BCUT2D eigenvalue weighted by Crippen LogP contribution is -2.45. The van der Waals surface area contributed by atoms with Crippen molar-refractivity contribution in [2.75, 3.05) is 13.1 Å². The highest BCUT2D eigenvalue weighted by Gasteiger charge is 2.24. The molecule has 0 radical (unpaired) electrons. The van der Waals surface area contributed by atoms with Gasteiger partial charge in [0.2, 0.25) is 5.91 Å². The Morgan fingerprint density at radius 1 is 1.30 bits per heavy atom. The maximum Gasteiger partial charge on any atom is 0.251 e. The van der Waals surface area contributed by atoms with Crippen molar-refractivity contribution in [1.29, 1.82) is 0 Å². The van der Waals surface area contributed by atoms with E-state index in [1.54, 1.807) is 13.0 Å². The number of hydrogen-bond donors (Lipinski definition) is 1. The SMILES string of the molecule is Cc1cc(C(=O)NC(C)C(=O)N2CCCC2)ccc1Br. The molecule has 0 spiro atoms. The molecule has 1 unspecified atom stereocenters. The van der Waals surface area contributed by atoms with Crippen LogP contribution in [0.15, 0.2) is 22.7 Å². The highest BCUT2D eigenvalue weighted by molar-refractivity contribution is 9.10. The lowest BCUT2D eigenvalue weighted by Gasteiger charge is -2.21. The van der Waals surface area contributed by atoms with Gasteiger partial charge in [-0.2, -0.15) is 0 Å². The fourth-order valence-corrected chi connectivity index (χ4v) is 2.59. The van der Waals surface area contributed by atoms with Gasteiger partial charge in [0.1, 0.15) is 6.04 Å². The molecule has 0 aliphatic carbocycles. The van der Waals surface area contributed by atoms with Crippen molar-refractivity contribution in [2.24, 2.45) is 0 Å². The van der Waals surface area contributed by atoms with E-state index in [0.29, 0.717) is 5.56 Å². The molecule has 20 heavy (non-hydrogen) atoms. The summed E-state index contributed by atoms with van der Waals surface area (Å²) in [5.41, 5.74) is 1.57. The summed E-state index contributed by atoms with van der Waals surface area (Å²) in [5.74, 6) is -0.203. The first-order valence-electron chi connectivity index (χ1n) is 6.85. The van der Waals surface area contributed by atoms with Crippen molar-refractivity contribution in [3.63, 3.8) is 0 Å². The number of nitrogens with one attached hydrogen (secondary N) is 1. The number of benzene rings is 1. The first-order valence-corrected chi connectivity index (χ1v) is 7.64. The molecule has 0 bridgehead atoms. The fourth-order valence-electron chi connectivity index (χ4n) is 2.34. The monoisotopic (exact) mass is 338 g/mol. The van der Waals surface area contributed by atoms with Crippen molar-refractivity contribution in [3.8, 4) is 0 Å². The van der Waals surface area contributed by atoms with Gasteiger partial charge in [-0.15, -0.1) is 0 Å². The summed E-state index contributed by atoms with van der Waals surface area (Å²) in [7, 11) is 0. The molecule has 1 saturated heterocycles. The molecule has 1 N–H and O–H groups in total. The average molecular weight is 339 g/mol. The van der Waals surface area contributed by atoms with Crippen molar-refractivity contribution in [1.82, 2.24) is 10.2 Å². The van der Waals surface area contributed by atoms with E-state index in [1.807, 2.05) is 24.0 Å². The van der Waals surface area contributed by atoms with E-state index in [1.165, 1.54) is 0 Å². The highest BCUT2D eigenvalue weighted by atomic mass is 79.9. The van der Waals surface area contributed by atoms with Gasteiger partial charge < -0.3 is 10.2 Å². The smallest absolute Gasteiger partial charge is 0.251 e. The summed E-state index contributed by atoms with van der Waals surface area (Å²) in [4.78, 5) is 26.1. The molecule has 108 valence electrons. The summed E-state index contributed by atoms with van der Waals surface area (Å²) < 4.78 is 0.968. The molecular weight excluding hydrogens is 320 g/mol. The Labute approximate surface area is 127 Å². The maximum atomic E-state index is 12.1. The van der Waals surface area contributed by atoms with E-state index < -0.39 is 6.04 Å². The van der Waals surface area contributed by atoms with Crippen molar-refractivity contribution < 1.29 is 9.59 Å². The maximum absolute atomic E-state index is 12.1. The van der Waals surface area contributed by atoms with Crippen LogP contribution in [-0.4, -0.2) is 35.8 Å². The van der Waals surface area contributed by atoms with Gasteiger partial charge in [0.15, 0.2) is 0 Å². The third-order valence-corrected chi connectivity index (χ3v) is 4.45. The zero-order valence-corrected chi connectivity index (χ0v) is 13.4. The molecule has 2 amide bonds. The minimum Gasteiger partial charge on any atom is -0.341 e. The van der Waals surface area contributed by atoms with Crippen LogP contribution < -0.4 is 5.32 Å². The van der Waals surface area contributed by atoms with Gasteiger partial charge in [0.25, 0.3) is 5.91 Å². The van der Waals surface area contributed by atoms with E-state index in [4.69, 9.17) is 0 Å². The Balaban J connectivity index is 1.99. The Hall–Kier alpha value is -1.36. The van der Waals surface area contributed by atoms with Crippen LogP contribution in [0.1, 0.15) is 35.7 Å². The standard InChI is InChI=1S/C15H19BrN2O2/c1-10-9-12(5-6-13(10)16)14(19)17-11(2)15(20)18-7-3-4-8-18/h5-6,9,11H,3-4,7-8H2,1-2H3,(H,17,19). The van der Waals surface area contributed by atoms with Crippen molar-refractivity contribution in [3.05, 3.63) is 33.8 Å². The van der Waals surface area contributed by atoms with Crippen LogP contribution in [0, 0.1) is 6.92 Å². The summed E-state index contributed by atoms with van der Waals surface area (Å²) in [5, 5.41) is 2.77. The lowest BCUT2D eigenvalue weighted by atomic mass is 10.1. The van der Waals surface area contributed by atoms with Crippen LogP contribution >= 0.6 is 15.9 Å². The van der Waals surface area contributed by atoms with E-state index in [0.717, 1.165) is 36.0 Å². The molecule has 1 aliphatic heterocycles. The van der Waals surface area contributed by atoms with Crippen molar-refractivity contribution >= 4 is 27.7 Å². The van der Waals surface area contributed by atoms with Crippen LogP contribution in [0.4, 0.5) is 0 Å². The molecule has 1 fully saturated rings. The van der Waals surface area contributed by atoms with Crippen LogP contribution in [0.5, 0.6) is 0 Å². The second kappa shape index (κ2) is 6.39. The van der Waals surface area contributed by atoms with Crippen LogP contribution in [0.2, 0.25) is 0 Å². The molecular formula is C15H19BrN2O2. The number of halogens is 1. The fraction of sp³-hybridized carbons (Fsp3) is 0.467. The van der Waals surface area contributed by atoms with Crippen LogP contribution in [0.25, 0.3) is 0 Å². The normalized spacial score (nSPS) is 16.1. The second-order valence-electron chi connectivity index (χ2n) is 5.19. The van der Waals surface area contributed by atoms with E-state index in [2.05, 4.69) is 21.2 Å². The number of hydrogen-bond acceptors (Lipinski definition) is 2. The summed E-state index contributed by atoms with van der Waals surface area (Å²) >= 11 is 3.40. The summed E-state index contributed by atoms with van der Waals surface area (Å²) in [6, 6.07) is 4.92. The number of aryl methyl sites for hydroxylation is 1. The van der Waals surface area contributed by atoms with Gasteiger partial charge in [0.05, 0.1) is 0 Å². The molecule has 2 rings (SSSR count). The Morgan fingerprint density at radius 3 is 2.55 bits per heavy atom. The van der Waals surface area contributed by atoms with E-state index in [-0.39, 0.29) is 11.8 Å². The van der Waals surface area contributed by atoms with E-state index in [9.17, 15) is 9.59 Å². The molecule has 1 heterocycles. The molecule has 0 aromatic heterocycles.